The van der Waals surface area contributed by atoms with Gasteiger partial charge in [0.1, 0.15) is 5.25 Å². The van der Waals surface area contributed by atoms with Crippen molar-refractivity contribution in [2.75, 3.05) is 19.7 Å². The maximum absolute atomic E-state index is 13.7. The van der Waals surface area contributed by atoms with Crippen molar-refractivity contribution in [1.29, 1.82) is 0 Å². The number of para-hydroxylation sites is 1. The summed E-state index contributed by atoms with van der Waals surface area (Å²) in [7, 11) is -1.85. The minimum Gasteiger partial charge on any atom is -0.415 e. The smallest absolute Gasteiger partial charge is 0.240 e. The quantitative estimate of drug-likeness (QED) is 0.291. The van der Waals surface area contributed by atoms with Crippen molar-refractivity contribution in [3.05, 3.63) is 54.1 Å². The number of thioether (sulfide) groups is 1. The number of likely N-dealkylation sites (N-methyl/N-ethyl adjacent to an activating group) is 1. The molecule has 4 rings (SSSR count). The molecule has 0 radical (unpaired) electrons. The second kappa shape index (κ2) is 11.6. The molecule has 2 heterocycles. The summed E-state index contributed by atoms with van der Waals surface area (Å²) in [5, 5.41) is 1.12. The average molecular weight is 525 g/mol. The van der Waals surface area contributed by atoms with Gasteiger partial charge in [0.05, 0.1) is 12.3 Å². The van der Waals surface area contributed by atoms with E-state index in [9.17, 15) is 4.79 Å². The van der Waals surface area contributed by atoms with Crippen molar-refractivity contribution < 1.29 is 9.22 Å². The summed E-state index contributed by atoms with van der Waals surface area (Å²) < 4.78 is 8.98. The van der Waals surface area contributed by atoms with Crippen LogP contribution in [0.1, 0.15) is 59.3 Å². The van der Waals surface area contributed by atoms with Gasteiger partial charge in [0, 0.05) is 46.6 Å². The molecule has 1 aromatic heterocycles. The van der Waals surface area contributed by atoms with Crippen LogP contribution in [-0.4, -0.2) is 43.4 Å². The molecule has 3 aromatic rings. The topological polar surface area (TPSA) is 34.5 Å². The number of carbonyl (C=O) groups is 1. The van der Waals surface area contributed by atoms with Crippen molar-refractivity contribution in [3.8, 4) is 11.3 Å². The molecule has 0 fully saturated rings. The van der Waals surface area contributed by atoms with Crippen LogP contribution in [0.4, 0.5) is 0 Å². The number of benzene rings is 2. The van der Waals surface area contributed by atoms with E-state index in [0.29, 0.717) is 6.61 Å². The van der Waals surface area contributed by atoms with E-state index in [0.717, 1.165) is 25.2 Å². The lowest BCUT2D eigenvalue weighted by Gasteiger charge is -2.36. The van der Waals surface area contributed by atoms with Crippen LogP contribution in [-0.2, 0) is 15.8 Å². The van der Waals surface area contributed by atoms with Crippen LogP contribution in [0.25, 0.3) is 22.2 Å². The van der Waals surface area contributed by atoms with Crippen molar-refractivity contribution in [3.63, 3.8) is 0 Å². The molecule has 0 aliphatic carbocycles. The molecular formula is C30H44N2O2SSi. The monoisotopic (exact) mass is 524 g/mol. The van der Waals surface area contributed by atoms with E-state index in [1.165, 1.54) is 27.1 Å². The molecule has 4 nitrogen and oxygen atoms in total. The lowest BCUT2D eigenvalue weighted by molar-refractivity contribution is -0.130. The zero-order valence-electron chi connectivity index (χ0n) is 23.6. The van der Waals surface area contributed by atoms with E-state index in [1.54, 1.807) is 11.8 Å². The van der Waals surface area contributed by atoms with E-state index in [2.05, 4.69) is 101 Å². The Hall–Kier alpha value is -2.02. The Bertz CT molecular complexity index is 1190. The van der Waals surface area contributed by atoms with Crippen molar-refractivity contribution in [2.24, 2.45) is 0 Å². The molecule has 0 N–H and O–H groups in total. The van der Waals surface area contributed by atoms with Crippen LogP contribution >= 0.6 is 11.8 Å². The Morgan fingerprint density at radius 2 is 1.64 bits per heavy atom. The number of amides is 1. The zero-order chi connectivity index (χ0) is 26.7. The van der Waals surface area contributed by atoms with E-state index in [1.807, 2.05) is 18.7 Å². The molecular weight excluding hydrogens is 480 g/mol. The second-order valence-electron chi connectivity index (χ2n) is 10.5. The molecule has 0 bridgehead atoms. The Balaban J connectivity index is 0.00000176. The number of aromatic nitrogens is 1. The molecule has 0 saturated carbocycles. The summed E-state index contributed by atoms with van der Waals surface area (Å²) in [6.07, 6.45) is 0. The minimum absolute atomic E-state index is 0.176. The van der Waals surface area contributed by atoms with Gasteiger partial charge in [-0.1, -0.05) is 71.0 Å². The number of rotatable bonds is 7. The fraction of sp³-hybridized carbons (Fsp3) is 0.500. The molecule has 0 saturated heterocycles. The first-order chi connectivity index (χ1) is 17.1. The molecule has 0 spiro atoms. The van der Waals surface area contributed by atoms with Gasteiger partial charge in [-0.25, -0.2) is 0 Å². The molecule has 1 aliphatic heterocycles. The summed E-state index contributed by atoms with van der Waals surface area (Å²) in [5.41, 5.74) is 4.74. The highest BCUT2D eigenvalue weighted by Gasteiger charge is 2.39. The molecule has 196 valence electrons. The molecule has 1 aliphatic rings. The highest BCUT2D eigenvalue weighted by atomic mass is 32.2. The van der Waals surface area contributed by atoms with E-state index >= 15 is 0 Å². The standard InChI is InChI=1S/C28H38N2O2SSi.C2H6/c1-8-29(9-2)27(31)26-24-20-14-10-12-16-22(20)30(18-19-32-34(6,7)28(3,4)5)25(24)21-15-11-13-17-23(21)33-26;1-2/h10-17,26H,8-9,18-19H2,1-7H3;1-2H3. The van der Waals surface area contributed by atoms with Crippen LogP contribution in [0.3, 0.4) is 0 Å². The van der Waals surface area contributed by atoms with Gasteiger partial charge in [0.2, 0.25) is 5.91 Å². The Kier molecular flexibility index (Phi) is 9.18. The van der Waals surface area contributed by atoms with E-state index in [4.69, 9.17) is 4.43 Å². The summed E-state index contributed by atoms with van der Waals surface area (Å²) in [6.45, 7) is 22.5. The highest BCUT2D eigenvalue weighted by molar-refractivity contribution is 8.00. The van der Waals surface area contributed by atoms with Crippen molar-refractivity contribution >= 4 is 36.9 Å². The molecule has 1 amide bonds. The highest BCUT2D eigenvalue weighted by Crippen LogP contribution is 2.53. The molecule has 36 heavy (non-hydrogen) atoms. The van der Waals surface area contributed by atoms with E-state index < -0.39 is 8.32 Å². The van der Waals surface area contributed by atoms with Gasteiger partial charge in [0.15, 0.2) is 8.32 Å². The van der Waals surface area contributed by atoms with Gasteiger partial charge in [0.25, 0.3) is 0 Å². The van der Waals surface area contributed by atoms with Crippen molar-refractivity contribution in [2.45, 2.75) is 83.3 Å². The van der Waals surface area contributed by atoms with Crippen LogP contribution < -0.4 is 0 Å². The summed E-state index contributed by atoms with van der Waals surface area (Å²) in [5.74, 6) is 0.200. The van der Waals surface area contributed by atoms with Gasteiger partial charge >= 0.3 is 0 Å². The largest absolute Gasteiger partial charge is 0.415 e. The van der Waals surface area contributed by atoms with Crippen LogP contribution in [0.2, 0.25) is 18.1 Å². The summed E-state index contributed by atoms with van der Waals surface area (Å²) in [6, 6.07) is 17.1. The van der Waals surface area contributed by atoms with Crippen LogP contribution in [0.5, 0.6) is 0 Å². The van der Waals surface area contributed by atoms with Crippen LogP contribution in [0.15, 0.2) is 53.4 Å². The fourth-order valence-electron chi connectivity index (χ4n) is 4.55. The molecule has 6 heteroatoms. The number of hydrogen-bond acceptors (Lipinski definition) is 3. The second-order valence-corrected chi connectivity index (χ2v) is 16.5. The predicted octanol–water partition coefficient (Wildman–Crippen LogP) is 8.37. The molecule has 1 unspecified atom stereocenters. The number of hydrogen-bond donors (Lipinski definition) is 0. The van der Waals surface area contributed by atoms with Gasteiger partial charge in [-0.05, 0) is 44.1 Å². The number of carbonyl (C=O) groups excluding carboxylic acids is 1. The maximum Gasteiger partial charge on any atom is 0.240 e. The lowest BCUT2D eigenvalue weighted by Crippen LogP contribution is -2.41. The average Bonchev–Trinajstić information content (AvgIpc) is 3.19. The minimum atomic E-state index is -1.85. The first-order valence-corrected chi connectivity index (χ1v) is 17.2. The third-order valence-electron chi connectivity index (χ3n) is 7.54. The number of nitrogens with zero attached hydrogens (tertiary/aromatic N) is 2. The number of fused-ring (bicyclic) bond motifs is 5. The zero-order valence-corrected chi connectivity index (χ0v) is 25.5. The van der Waals surface area contributed by atoms with Gasteiger partial charge in [-0.3, -0.25) is 4.79 Å². The van der Waals surface area contributed by atoms with E-state index in [-0.39, 0.29) is 16.2 Å². The van der Waals surface area contributed by atoms with Crippen molar-refractivity contribution in [1.82, 2.24) is 9.47 Å². The molecule has 2 aromatic carbocycles. The summed E-state index contributed by atoms with van der Waals surface area (Å²) >= 11 is 1.70. The molecule has 1 atom stereocenters. The fourth-order valence-corrected chi connectivity index (χ4v) is 6.90. The SMILES string of the molecule is CC.CCN(CC)C(=O)C1Sc2ccccc2-c2c1c1ccccc1n2CCO[Si](C)(C)C(C)(C)C. The van der Waals surface area contributed by atoms with Crippen LogP contribution in [0, 0.1) is 0 Å². The Labute approximate surface area is 223 Å². The lowest BCUT2D eigenvalue weighted by atomic mass is 10.0. The predicted molar refractivity (Wildman–Crippen MR) is 158 cm³/mol. The van der Waals surface area contributed by atoms with Gasteiger partial charge < -0.3 is 13.9 Å². The summed E-state index contributed by atoms with van der Waals surface area (Å²) in [4.78, 5) is 16.9. The first kappa shape index (κ1) is 28.5. The Morgan fingerprint density at radius 3 is 2.28 bits per heavy atom. The van der Waals surface area contributed by atoms with Gasteiger partial charge in [-0.2, -0.15) is 0 Å². The Morgan fingerprint density at radius 1 is 1.03 bits per heavy atom. The first-order valence-electron chi connectivity index (χ1n) is 13.4. The van der Waals surface area contributed by atoms with Gasteiger partial charge in [-0.15, -0.1) is 11.8 Å². The maximum atomic E-state index is 13.7. The normalized spacial score (nSPS) is 15.1. The third kappa shape index (κ3) is 5.32. The third-order valence-corrected chi connectivity index (χ3v) is 13.4.